The molecule has 9 heteroatoms. The highest BCUT2D eigenvalue weighted by atomic mass is 32.2. The number of amides is 1. The van der Waals surface area contributed by atoms with Gasteiger partial charge in [0.15, 0.2) is 0 Å². The second kappa shape index (κ2) is 10.7. The molecule has 35 heavy (non-hydrogen) atoms. The maximum absolute atomic E-state index is 13.3. The third kappa shape index (κ3) is 7.41. The number of hydrogen-bond donors (Lipinski definition) is 1. The molecule has 1 aromatic carbocycles. The van der Waals surface area contributed by atoms with Crippen LogP contribution in [0.3, 0.4) is 0 Å². The zero-order chi connectivity index (χ0) is 26.0. The Kier molecular flexibility index (Phi) is 8.57. The van der Waals surface area contributed by atoms with Crippen molar-refractivity contribution in [3.8, 4) is 5.75 Å². The van der Waals surface area contributed by atoms with E-state index in [1.165, 1.54) is 4.31 Å². The van der Waals surface area contributed by atoms with Crippen LogP contribution in [0.1, 0.15) is 83.9 Å². The summed E-state index contributed by atoms with van der Waals surface area (Å²) in [5.74, 6) is 0.410. The predicted octanol–water partition coefficient (Wildman–Crippen LogP) is 4.58. The molecule has 2 saturated heterocycles. The number of aryl methyl sites for hydroxylation is 1. The summed E-state index contributed by atoms with van der Waals surface area (Å²) in [5, 5.41) is 0. The minimum Gasteiger partial charge on any atom is -0.409 e. The van der Waals surface area contributed by atoms with Gasteiger partial charge >= 0.3 is 16.3 Å². The molecular weight excluding hydrogens is 468 g/mol. The highest BCUT2D eigenvalue weighted by molar-refractivity contribution is 7.87. The lowest BCUT2D eigenvalue weighted by Gasteiger charge is -2.30. The molecule has 2 aliphatic heterocycles. The van der Waals surface area contributed by atoms with E-state index in [4.69, 9.17) is 14.2 Å². The number of carbonyl (C=O) groups is 1. The maximum Gasteiger partial charge on any atom is 0.427 e. The van der Waals surface area contributed by atoms with E-state index in [0.29, 0.717) is 19.0 Å². The lowest BCUT2D eigenvalue weighted by molar-refractivity contribution is 0.0644. The molecule has 1 aromatic rings. The van der Waals surface area contributed by atoms with E-state index in [9.17, 15) is 13.2 Å². The first-order valence-corrected chi connectivity index (χ1v) is 14.0. The van der Waals surface area contributed by atoms with Crippen molar-refractivity contribution in [3.63, 3.8) is 0 Å². The molecule has 0 spiro atoms. The largest absolute Gasteiger partial charge is 0.427 e. The van der Waals surface area contributed by atoms with Crippen LogP contribution in [-0.4, -0.2) is 57.3 Å². The third-order valence-electron chi connectivity index (χ3n) is 6.46. The quantitative estimate of drug-likeness (QED) is 0.577. The molecule has 3 rings (SSSR count). The molecule has 0 saturated carbocycles. The van der Waals surface area contributed by atoms with E-state index >= 15 is 0 Å². The fraction of sp³-hybridized carbons (Fsp3) is 0.731. The number of rotatable bonds is 7. The van der Waals surface area contributed by atoms with Crippen LogP contribution in [-0.2, 0) is 30.5 Å². The smallest absolute Gasteiger partial charge is 0.409 e. The number of hydrogen-bond acceptors (Lipinski definition) is 6. The van der Waals surface area contributed by atoms with Crippen molar-refractivity contribution in [2.45, 2.75) is 97.2 Å². The van der Waals surface area contributed by atoms with Gasteiger partial charge in [-0.15, -0.1) is 0 Å². The molecule has 1 amide bonds. The van der Waals surface area contributed by atoms with E-state index in [-0.39, 0.29) is 36.1 Å². The van der Waals surface area contributed by atoms with Gasteiger partial charge in [0.05, 0.1) is 12.2 Å². The molecule has 0 aromatic heterocycles. The standard InChI is InChI=1S/C26H42N2O6S/c1-18-14-21(25(2,3)4)23(22(15-18)26(5,6)7)34-24(29)27-35(30,31)28(16-19-10-8-12-32-19)17-20-11-9-13-33-20/h14-15,19-20H,8-13,16-17H2,1-7H3,(H,27,29). The maximum atomic E-state index is 13.3. The molecule has 0 radical (unpaired) electrons. The Morgan fingerprint density at radius 1 is 0.971 bits per heavy atom. The Hall–Kier alpha value is -1.68. The first-order chi connectivity index (χ1) is 16.2. The molecule has 0 aliphatic carbocycles. The summed E-state index contributed by atoms with van der Waals surface area (Å²) in [6.07, 6.45) is 1.96. The van der Waals surface area contributed by atoms with Crippen LogP contribution in [0.2, 0.25) is 0 Å². The number of benzene rings is 1. The minimum atomic E-state index is -4.17. The topological polar surface area (TPSA) is 94.2 Å². The van der Waals surface area contributed by atoms with Crippen LogP contribution in [0.15, 0.2) is 12.1 Å². The lowest BCUT2D eigenvalue weighted by atomic mass is 9.78. The molecular formula is C26H42N2O6S. The van der Waals surface area contributed by atoms with Crippen molar-refractivity contribution in [2.75, 3.05) is 26.3 Å². The number of ether oxygens (including phenoxy) is 3. The van der Waals surface area contributed by atoms with E-state index in [1.54, 1.807) is 0 Å². The number of nitrogens with one attached hydrogen (secondary N) is 1. The Balaban J connectivity index is 1.86. The van der Waals surface area contributed by atoms with Gasteiger partial charge in [-0.3, -0.25) is 0 Å². The molecule has 2 aliphatic rings. The van der Waals surface area contributed by atoms with Crippen LogP contribution in [0.5, 0.6) is 5.75 Å². The Morgan fingerprint density at radius 2 is 1.43 bits per heavy atom. The highest BCUT2D eigenvalue weighted by Gasteiger charge is 2.34. The van der Waals surface area contributed by atoms with Crippen molar-refractivity contribution in [2.24, 2.45) is 0 Å². The van der Waals surface area contributed by atoms with Crippen LogP contribution in [0, 0.1) is 6.92 Å². The van der Waals surface area contributed by atoms with Crippen molar-refractivity contribution >= 4 is 16.3 Å². The first kappa shape index (κ1) is 27.9. The molecule has 8 nitrogen and oxygen atoms in total. The van der Waals surface area contributed by atoms with Gasteiger partial charge in [-0.1, -0.05) is 59.2 Å². The van der Waals surface area contributed by atoms with Gasteiger partial charge in [-0.2, -0.15) is 12.7 Å². The monoisotopic (exact) mass is 510 g/mol. The summed E-state index contributed by atoms with van der Waals surface area (Å²) in [5.41, 5.74) is 2.13. The van der Waals surface area contributed by atoms with Gasteiger partial charge in [0, 0.05) is 37.4 Å². The van der Waals surface area contributed by atoms with Gasteiger partial charge in [-0.25, -0.2) is 9.52 Å². The van der Waals surface area contributed by atoms with Crippen LogP contribution >= 0.6 is 0 Å². The SMILES string of the molecule is Cc1cc(C(C)(C)C)c(OC(=O)NS(=O)(=O)N(CC2CCCO2)CC2CCCO2)c(C(C)(C)C)c1. The van der Waals surface area contributed by atoms with Crippen molar-refractivity contribution in [3.05, 3.63) is 28.8 Å². The third-order valence-corrected chi connectivity index (χ3v) is 7.86. The average Bonchev–Trinajstić information content (AvgIpc) is 3.40. The Morgan fingerprint density at radius 3 is 1.80 bits per heavy atom. The fourth-order valence-electron chi connectivity index (χ4n) is 4.58. The Bertz CT molecular complexity index is 945. The summed E-state index contributed by atoms with van der Waals surface area (Å²) in [4.78, 5) is 13.0. The number of nitrogens with zero attached hydrogens (tertiary/aromatic N) is 1. The van der Waals surface area contributed by atoms with Crippen LogP contribution < -0.4 is 9.46 Å². The second-order valence-corrected chi connectivity index (χ2v) is 13.4. The van der Waals surface area contributed by atoms with Gasteiger partial charge in [-0.05, 0) is 43.4 Å². The van der Waals surface area contributed by atoms with Gasteiger partial charge < -0.3 is 14.2 Å². The second-order valence-electron chi connectivity index (χ2n) is 11.8. The predicted molar refractivity (Wildman–Crippen MR) is 136 cm³/mol. The van der Waals surface area contributed by atoms with E-state index in [1.807, 2.05) is 60.6 Å². The number of carbonyl (C=O) groups excluding carboxylic acids is 1. The van der Waals surface area contributed by atoms with Crippen molar-refractivity contribution in [1.29, 1.82) is 0 Å². The highest BCUT2D eigenvalue weighted by Crippen LogP contribution is 2.40. The van der Waals surface area contributed by atoms with Gasteiger partial charge in [0.2, 0.25) is 0 Å². The molecule has 2 fully saturated rings. The summed E-state index contributed by atoms with van der Waals surface area (Å²) in [6.45, 7) is 15.8. The molecule has 2 unspecified atom stereocenters. The lowest BCUT2D eigenvalue weighted by Crippen LogP contribution is -2.49. The van der Waals surface area contributed by atoms with E-state index in [0.717, 1.165) is 42.4 Å². The van der Waals surface area contributed by atoms with Crippen molar-refractivity contribution in [1.82, 2.24) is 9.03 Å². The average molecular weight is 511 g/mol. The first-order valence-electron chi connectivity index (χ1n) is 12.6. The van der Waals surface area contributed by atoms with Crippen LogP contribution in [0.25, 0.3) is 0 Å². The summed E-state index contributed by atoms with van der Waals surface area (Å²) in [6, 6.07) is 3.99. The zero-order valence-corrected chi connectivity index (χ0v) is 23.1. The normalized spacial score (nSPS) is 21.5. The van der Waals surface area contributed by atoms with E-state index < -0.39 is 16.3 Å². The molecule has 2 heterocycles. The van der Waals surface area contributed by atoms with Crippen molar-refractivity contribution < 1.29 is 27.4 Å². The van der Waals surface area contributed by atoms with Crippen LogP contribution in [0.4, 0.5) is 4.79 Å². The van der Waals surface area contributed by atoms with Gasteiger partial charge in [0.1, 0.15) is 5.75 Å². The van der Waals surface area contributed by atoms with Gasteiger partial charge in [0.25, 0.3) is 0 Å². The summed E-state index contributed by atoms with van der Waals surface area (Å²) < 4.78 is 47.2. The minimum absolute atomic E-state index is 0.174. The summed E-state index contributed by atoms with van der Waals surface area (Å²) in [7, 11) is -4.17. The summed E-state index contributed by atoms with van der Waals surface area (Å²) >= 11 is 0. The molecule has 0 bridgehead atoms. The zero-order valence-electron chi connectivity index (χ0n) is 22.3. The van der Waals surface area contributed by atoms with E-state index in [2.05, 4.69) is 4.72 Å². The molecule has 1 N–H and O–H groups in total. The Labute approximate surface area is 210 Å². The fourth-order valence-corrected chi connectivity index (χ4v) is 5.69. The molecule has 2 atom stereocenters. The molecule has 198 valence electrons.